The maximum atomic E-state index is 12.2. The van der Waals surface area contributed by atoms with E-state index in [9.17, 15) is 8.42 Å². The number of aryl methyl sites for hydroxylation is 1. The van der Waals surface area contributed by atoms with E-state index < -0.39 is 15.3 Å². The third-order valence-corrected chi connectivity index (χ3v) is 5.77. The molecule has 1 aromatic carbocycles. The number of rotatable bonds is 8. The molecule has 0 bridgehead atoms. The summed E-state index contributed by atoms with van der Waals surface area (Å²) >= 11 is 0. The van der Waals surface area contributed by atoms with E-state index in [2.05, 4.69) is 12.1 Å². The second-order valence-corrected chi connectivity index (χ2v) is 7.04. The molecule has 0 spiro atoms. The van der Waals surface area contributed by atoms with Crippen molar-refractivity contribution in [3.63, 3.8) is 0 Å². The van der Waals surface area contributed by atoms with Crippen molar-refractivity contribution in [2.75, 3.05) is 20.1 Å². The van der Waals surface area contributed by atoms with E-state index in [0.29, 0.717) is 13.0 Å². The van der Waals surface area contributed by atoms with Crippen molar-refractivity contribution < 1.29 is 8.42 Å². The van der Waals surface area contributed by atoms with Gasteiger partial charge in [-0.2, -0.15) is 0 Å². The Labute approximate surface area is 116 Å². The van der Waals surface area contributed by atoms with Gasteiger partial charge in [0, 0.05) is 20.1 Å². The van der Waals surface area contributed by atoms with Gasteiger partial charge in [0.15, 0.2) is 0 Å². The number of nitrogens with two attached hydrogens (primary N) is 1. The van der Waals surface area contributed by atoms with E-state index in [0.717, 1.165) is 12.8 Å². The van der Waals surface area contributed by atoms with Crippen molar-refractivity contribution in [1.29, 1.82) is 0 Å². The van der Waals surface area contributed by atoms with Gasteiger partial charge in [0.05, 0.1) is 5.25 Å². The first-order chi connectivity index (χ1) is 9.02. The quantitative estimate of drug-likeness (QED) is 0.789. The van der Waals surface area contributed by atoms with E-state index in [4.69, 9.17) is 5.73 Å². The molecule has 0 aliphatic carbocycles. The fourth-order valence-electron chi connectivity index (χ4n) is 2.03. The second kappa shape index (κ2) is 7.62. The van der Waals surface area contributed by atoms with Gasteiger partial charge >= 0.3 is 0 Å². The summed E-state index contributed by atoms with van der Waals surface area (Å²) in [4.78, 5) is 0. The SMILES string of the molecule is CCC(CN)S(=O)(=O)N(C)CCCc1ccccc1. The van der Waals surface area contributed by atoms with Gasteiger partial charge in [-0.1, -0.05) is 37.3 Å². The van der Waals surface area contributed by atoms with Crippen LogP contribution in [0.25, 0.3) is 0 Å². The molecule has 0 radical (unpaired) electrons. The van der Waals surface area contributed by atoms with Crippen LogP contribution in [0.3, 0.4) is 0 Å². The van der Waals surface area contributed by atoms with Crippen molar-refractivity contribution in [2.24, 2.45) is 5.73 Å². The number of nitrogens with zero attached hydrogens (tertiary/aromatic N) is 1. The van der Waals surface area contributed by atoms with Crippen molar-refractivity contribution in [1.82, 2.24) is 4.31 Å². The summed E-state index contributed by atoms with van der Waals surface area (Å²) in [6.45, 7) is 2.57. The summed E-state index contributed by atoms with van der Waals surface area (Å²) in [6.07, 6.45) is 2.27. The fraction of sp³-hybridized carbons (Fsp3) is 0.571. The molecule has 0 aliphatic heterocycles. The molecule has 0 saturated carbocycles. The minimum Gasteiger partial charge on any atom is -0.329 e. The zero-order valence-corrected chi connectivity index (χ0v) is 12.6. The molecule has 4 nitrogen and oxygen atoms in total. The summed E-state index contributed by atoms with van der Waals surface area (Å²) in [5.74, 6) is 0. The second-order valence-electron chi connectivity index (χ2n) is 4.72. The van der Waals surface area contributed by atoms with Crippen LogP contribution in [-0.4, -0.2) is 38.1 Å². The lowest BCUT2D eigenvalue weighted by Crippen LogP contribution is -2.40. The molecule has 0 amide bonds. The molecule has 1 unspecified atom stereocenters. The number of hydrogen-bond acceptors (Lipinski definition) is 3. The van der Waals surface area contributed by atoms with Crippen LogP contribution in [0.15, 0.2) is 30.3 Å². The highest BCUT2D eigenvalue weighted by atomic mass is 32.2. The number of hydrogen-bond donors (Lipinski definition) is 1. The first kappa shape index (κ1) is 16.1. The molecule has 0 saturated heterocycles. The van der Waals surface area contributed by atoms with Crippen LogP contribution in [-0.2, 0) is 16.4 Å². The third kappa shape index (κ3) is 4.60. The molecular formula is C14H24N2O2S. The smallest absolute Gasteiger partial charge is 0.217 e. The van der Waals surface area contributed by atoms with E-state index in [-0.39, 0.29) is 6.54 Å². The van der Waals surface area contributed by atoms with Gasteiger partial charge in [-0.3, -0.25) is 0 Å². The van der Waals surface area contributed by atoms with Crippen molar-refractivity contribution in [3.8, 4) is 0 Å². The van der Waals surface area contributed by atoms with E-state index >= 15 is 0 Å². The zero-order chi connectivity index (χ0) is 14.3. The van der Waals surface area contributed by atoms with Crippen LogP contribution in [0.4, 0.5) is 0 Å². The summed E-state index contributed by atoms with van der Waals surface area (Å²) in [5.41, 5.74) is 6.76. The van der Waals surface area contributed by atoms with E-state index in [1.165, 1.54) is 9.87 Å². The Bertz CT molecular complexity index is 456. The Morgan fingerprint density at radius 3 is 2.42 bits per heavy atom. The van der Waals surface area contributed by atoms with Gasteiger partial charge in [-0.15, -0.1) is 0 Å². The number of benzene rings is 1. The van der Waals surface area contributed by atoms with Crippen LogP contribution in [0.5, 0.6) is 0 Å². The van der Waals surface area contributed by atoms with Crippen LogP contribution < -0.4 is 5.73 Å². The van der Waals surface area contributed by atoms with Crippen LogP contribution in [0, 0.1) is 0 Å². The normalized spacial score (nSPS) is 13.7. The van der Waals surface area contributed by atoms with Gasteiger partial charge in [0.2, 0.25) is 10.0 Å². The number of sulfonamides is 1. The lowest BCUT2D eigenvalue weighted by atomic mass is 10.1. The third-order valence-electron chi connectivity index (χ3n) is 3.36. The van der Waals surface area contributed by atoms with Gasteiger partial charge in [-0.05, 0) is 24.8 Å². The van der Waals surface area contributed by atoms with Crippen molar-refractivity contribution in [3.05, 3.63) is 35.9 Å². The molecule has 0 aromatic heterocycles. The first-order valence-corrected chi connectivity index (χ1v) is 8.21. The molecule has 1 atom stereocenters. The highest BCUT2D eigenvalue weighted by molar-refractivity contribution is 7.89. The van der Waals surface area contributed by atoms with Crippen LogP contribution in [0.1, 0.15) is 25.3 Å². The minimum atomic E-state index is -3.25. The monoisotopic (exact) mass is 284 g/mol. The van der Waals surface area contributed by atoms with Gasteiger partial charge in [0.25, 0.3) is 0 Å². The zero-order valence-electron chi connectivity index (χ0n) is 11.7. The molecule has 1 aromatic rings. The lowest BCUT2D eigenvalue weighted by Gasteiger charge is -2.22. The summed E-state index contributed by atoms with van der Waals surface area (Å²) < 4.78 is 25.8. The van der Waals surface area contributed by atoms with Gasteiger partial charge in [0.1, 0.15) is 0 Å². The Kier molecular flexibility index (Phi) is 6.48. The molecule has 0 aliphatic rings. The van der Waals surface area contributed by atoms with Gasteiger partial charge < -0.3 is 5.73 Å². The standard InChI is InChI=1S/C14H24N2O2S/c1-3-14(12-15)19(17,18)16(2)11-7-10-13-8-5-4-6-9-13/h4-6,8-9,14H,3,7,10-12,15H2,1-2H3. The maximum Gasteiger partial charge on any atom is 0.217 e. The predicted octanol–water partition coefficient (Wildman–Crippen LogP) is 1.62. The molecular weight excluding hydrogens is 260 g/mol. The fourth-order valence-corrected chi connectivity index (χ4v) is 3.59. The average molecular weight is 284 g/mol. The summed E-state index contributed by atoms with van der Waals surface area (Å²) in [5, 5.41) is -0.464. The van der Waals surface area contributed by atoms with Crippen molar-refractivity contribution >= 4 is 10.0 Å². The Hall–Kier alpha value is -0.910. The lowest BCUT2D eigenvalue weighted by molar-refractivity contribution is 0.449. The Morgan fingerprint density at radius 1 is 1.26 bits per heavy atom. The van der Waals surface area contributed by atoms with Crippen LogP contribution >= 0.6 is 0 Å². The molecule has 1 rings (SSSR count). The molecule has 108 valence electrons. The Balaban J connectivity index is 2.49. The Morgan fingerprint density at radius 2 is 1.89 bits per heavy atom. The molecule has 0 heterocycles. The molecule has 2 N–H and O–H groups in total. The summed E-state index contributed by atoms with van der Waals surface area (Å²) in [7, 11) is -1.61. The highest BCUT2D eigenvalue weighted by Gasteiger charge is 2.26. The maximum absolute atomic E-state index is 12.2. The van der Waals surface area contributed by atoms with Crippen molar-refractivity contribution in [2.45, 2.75) is 31.4 Å². The van der Waals surface area contributed by atoms with Crippen LogP contribution in [0.2, 0.25) is 0 Å². The summed E-state index contributed by atoms with van der Waals surface area (Å²) in [6, 6.07) is 10.1. The topological polar surface area (TPSA) is 63.4 Å². The van der Waals surface area contributed by atoms with Gasteiger partial charge in [-0.25, -0.2) is 12.7 Å². The molecule has 0 fully saturated rings. The predicted molar refractivity (Wildman–Crippen MR) is 79.4 cm³/mol. The largest absolute Gasteiger partial charge is 0.329 e. The first-order valence-electron chi connectivity index (χ1n) is 6.71. The van der Waals surface area contributed by atoms with E-state index in [1.54, 1.807) is 7.05 Å². The van der Waals surface area contributed by atoms with E-state index in [1.807, 2.05) is 25.1 Å². The molecule has 5 heteroatoms. The highest BCUT2D eigenvalue weighted by Crippen LogP contribution is 2.11. The molecule has 19 heavy (non-hydrogen) atoms. The minimum absolute atomic E-state index is 0.182. The average Bonchev–Trinajstić information content (AvgIpc) is 2.41.